The zero-order chi connectivity index (χ0) is 14.0. The molecule has 0 fully saturated rings. The number of nitrogens with zero attached hydrogens (tertiary/aromatic N) is 1. The Morgan fingerprint density at radius 1 is 1.37 bits per heavy atom. The second kappa shape index (κ2) is 5.38. The number of hydrogen-bond donors (Lipinski definition) is 3. The molecule has 102 valence electrons. The normalized spacial score (nSPS) is 11.5. The number of hydrogen-bond acceptors (Lipinski definition) is 4. The number of aromatic amines is 1. The van der Waals surface area contributed by atoms with E-state index in [-0.39, 0.29) is 26.2 Å². The minimum atomic E-state index is -3.87. The van der Waals surface area contributed by atoms with Gasteiger partial charge in [0, 0.05) is 16.8 Å². The number of H-pyrrole nitrogens is 1. The van der Waals surface area contributed by atoms with Gasteiger partial charge in [0.05, 0.1) is 23.5 Å². The van der Waals surface area contributed by atoms with Crippen molar-refractivity contribution in [2.75, 3.05) is 4.72 Å². The van der Waals surface area contributed by atoms with Gasteiger partial charge in [0.2, 0.25) is 0 Å². The summed E-state index contributed by atoms with van der Waals surface area (Å²) in [5, 5.41) is 15.3. The van der Waals surface area contributed by atoms with E-state index in [9.17, 15) is 8.42 Å². The Balaban J connectivity index is 2.47. The first-order valence-electron chi connectivity index (χ1n) is 5.05. The van der Waals surface area contributed by atoms with Crippen molar-refractivity contribution in [3.63, 3.8) is 0 Å². The molecule has 2 rings (SSSR count). The number of rotatable bonds is 4. The van der Waals surface area contributed by atoms with Gasteiger partial charge in [-0.1, -0.05) is 23.2 Å². The van der Waals surface area contributed by atoms with Crippen LogP contribution in [0.3, 0.4) is 0 Å². The van der Waals surface area contributed by atoms with Crippen LogP contribution < -0.4 is 4.72 Å². The number of aromatic nitrogens is 2. The van der Waals surface area contributed by atoms with E-state index in [0.29, 0.717) is 0 Å². The zero-order valence-corrected chi connectivity index (χ0v) is 11.7. The van der Waals surface area contributed by atoms with Crippen molar-refractivity contribution in [3.05, 3.63) is 40.1 Å². The summed E-state index contributed by atoms with van der Waals surface area (Å²) in [5.41, 5.74) is 0.440. The molecule has 0 aliphatic heterocycles. The molecule has 0 spiro atoms. The number of aliphatic hydroxyl groups is 1. The molecule has 2 aromatic rings. The molecule has 3 N–H and O–H groups in total. The van der Waals surface area contributed by atoms with Crippen LogP contribution in [0.1, 0.15) is 5.56 Å². The molecule has 0 unspecified atom stereocenters. The summed E-state index contributed by atoms with van der Waals surface area (Å²) in [7, 11) is -3.87. The number of anilines is 1. The van der Waals surface area contributed by atoms with Crippen LogP contribution in [0.5, 0.6) is 0 Å². The molecule has 1 heterocycles. The summed E-state index contributed by atoms with van der Waals surface area (Å²) in [6.45, 7) is -0.452. The van der Waals surface area contributed by atoms with Crippen molar-refractivity contribution in [1.82, 2.24) is 10.2 Å². The van der Waals surface area contributed by atoms with Crippen LogP contribution in [0.25, 0.3) is 0 Å². The second-order valence-electron chi connectivity index (χ2n) is 3.59. The van der Waals surface area contributed by atoms with Crippen LogP contribution in [-0.4, -0.2) is 23.7 Å². The van der Waals surface area contributed by atoms with Gasteiger partial charge in [-0.05, 0) is 12.1 Å². The Morgan fingerprint density at radius 2 is 2.11 bits per heavy atom. The van der Waals surface area contributed by atoms with Gasteiger partial charge in [0.1, 0.15) is 4.90 Å². The minimum absolute atomic E-state index is 0.106. The minimum Gasteiger partial charge on any atom is -0.392 e. The Kier molecular flexibility index (Phi) is 4.00. The average Bonchev–Trinajstić information content (AvgIpc) is 2.81. The summed E-state index contributed by atoms with van der Waals surface area (Å²) in [5.74, 6) is 0. The highest BCUT2D eigenvalue weighted by atomic mass is 35.5. The average molecular weight is 322 g/mol. The molecule has 0 amide bonds. The van der Waals surface area contributed by atoms with E-state index >= 15 is 0 Å². The standard InChI is InChI=1S/C10H9Cl2N3O3S/c11-8-1-2-9(10(12)7(8)5-16)19(17,18)15-6-3-13-14-4-6/h1-4,15-16H,5H2,(H,13,14). The summed E-state index contributed by atoms with van der Waals surface area (Å²) >= 11 is 11.8. The van der Waals surface area contributed by atoms with Crippen LogP contribution in [0.2, 0.25) is 10.0 Å². The second-order valence-corrected chi connectivity index (χ2v) is 6.02. The lowest BCUT2D eigenvalue weighted by molar-refractivity contribution is 0.282. The van der Waals surface area contributed by atoms with E-state index in [2.05, 4.69) is 14.9 Å². The lowest BCUT2D eigenvalue weighted by Crippen LogP contribution is -2.13. The van der Waals surface area contributed by atoms with Crippen LogP contribution in [0, 0.1) is 0 Å². The van der Waals surface area contributed by atoms with E-state index in [1.165, 1.54) is 24.5 Å². The van der Waals surface area contributed by atoms with Gasteiger partial charge in [0.15, 0.2) is 0 Å². The molecule has 6 nitrogen and oxygen atoms in total. The molecule has 0 atom stereocenters. The topological polar surface area (TPSA) is 95.1 Å². The SMILES string of the molecule is O=S(=O)(Nc1cn[nH]c1)c1ccc(Cl)c(CO)c1Cl. The van der Waals surface area contributed by atoms with Gasteiger partial charge in [0.25, 0.3) is 10.0 Å². The van der Waals surface area contributed by atoms with Crippen molar-refractivity contribution >= 4 is 38.9 Å². The molecule has 1 aromatic heterocycles. The Hall–Kier alpha value is -1.28. The first kappa shape index (κ1) is 14.1. The summed E-state index contributed by atoms with van der Waals surface area (Å²) in [6, 6.07) is 2.63. The lowest BCUT2D eigenvalue weighted by Gasteiger charge is -2.11. The molecule has 0 saturated carbocycles. The number of aliphatic hydroxyl groups excluding tert-OH is 1. The van der Waals surface area contributed by atoms with Gasteiger partial charge in [-0.3, -0.25) is 9.82 Å². The van der Waals surface area contributed by atoms with E-state index in [4.69, 9.17) is 28.3 Å². The predicted octanol–water partition coefficient (Wildman–Crippen LogP) is 2.01. The van der Waals surface area contributed by atoms with Gasteiger partial charge in [-0.2, -0.15) is 5.10 Å². The molecule has 0 bridgehead atoms. The van der Waals surface area contributed by atoms with E-state index in [1.54, 1.807) is 0 Å². The highest BCUT2D eigenvalue weighted by molar-refractivity contribution is 7.92. The molecule has 0 aliphatic carbocycles. The smallest absolute Gasteiger partial charge is 0.263 e. The quantitative estimate of drug-likeness (QED) is 0.802. The third-order valence-corrected chi connectivity index (χ3v) is 4.67. The third kappa shape index (κ3) is 2.84. The van der Waals surface area contributed by atoms with Crippen molar-refractivity contribution < 1.29 is 13.5 Å². The largest absolute Gasteiger partial charge is 0.392 e. The highest BCUT2D eigenvalue weighted by Gasteiger charge is 2.21. The van der Waals surface area contributed by atoms with Gasteiger partial charge in [-0.25, -0.2) is 8.42 Å². The first-order chi connectivity index (χ1) is 8.95. The predicted molar refractivity (Wildman–Crippen MR) is 71.8 cm³/mol. The molecule has 0 aliphatic rings. The monoisotopic (exact) mass is 321 g/mol. The fourth-order valence-corrected chi connectivity index (χ4v) is 3.38. The lowest BCUT2D eigenvalue weighted by atomic mass is 10.2. The number of sulfonamides is 1. The highest BCUT2D eigenvalue weighted by Crippen LogP contribution is 2.31. The first-order valence-corrected chi connectivity index (χ1v) is 7.29. The maximum absolute atomic E-state index is 12.1. The molecular weight excluding hydrogens is 313 g/mol. The Labute approximate surface area is 119 Å². The molecular formula is C10H9Cl2N3O3S. The molecule has 1 aromatic carbocycles. The fourth-order valence-electron chi connectivity index (χ4n) is 1.45. The van der Waals surface area contributed by atoms with Crippen LogP contribution in [-0.2, 0) is 16.6 Å². The number of benzene rings is 1. The Bertz CT molecular complexity index is 686. The fraction of sp³-hybridized carbons (Fsp3) is 0.100. The van der Waals surface area contributed by atoms with Gasteiger partial charge < -0.3 is 5.11 Å². The molecule has 0 saturated heterocycles. The number of nitrogens with one attached hydrogen (secondary N) is 2. The summed E-state index contributed by atoms with van der Waals surface area (Å²) in [6.07, 6.45) is 2.70. The Morgan fingerprint density at radius 3 is 2.68 bits per heavy atom. The maximum atomic E-state index is 12.1. The zero-order valence-electron chi connectivity index (χ0n) is 9.39. The van der Waals surface area contributed by atoms with Gasteiger partial charge in [-0.15, -0.1) is 0 Å². The van der Waals surface area contributed by atoms with Crippen LogP contribution in [0.4, 0.5) is 5.69 Å². The van der Waals surface area contributed by atoms with Crippen LogP contribution in [0.15, 0.2) is 29.4 Å². The summed E-state index contributed by atoms with van der Waals surface area (Å²) in [4.78, 5) is -0.163. The maximum Gasteiger partial charge on any atom is 0.263 e. The van der Waals surface area contributed by atoms with Crippen molar-refractivity contribution in [2.24, 2.45) is 0 Å². The van der Waals surface area contributed by atoms with Crippen molar-refractivity contribution in [3.8, 4) is 0 Å². The van der Waals surface area contributed by atoms with Gasteiger partial charge >= 0.3 is 0 Å². The van der Waals surface area contributed by atoms with E-state index < -0.39 is 16.6 Å². The summed E-state index contributed by atoms with van der Waals surface area (Å²) < 4.78 is 26.6. The molecule has 0 radical (unpaired) electrons. The third-order valence-electron chi connectivity index (χ3n) is 2.35. The van der Waals surface area contributed by atoms with Crippen LogP contribution >= 0.6 is 23.2 Å². The molecule has 9 heteroatoms. The van der Waals surface area contributed by atoms with E-state index in [0.717, 1.165) is 0 Å². The van der Waals surface area contributed by atoms with Crippen molar-refractivity contribution in [2.45, 2.75) is 11.5 Å². The number of halogens is 2. The van der Waals surface area contributed by atoms with E-state index in [1.807, 2.05) is 0 Å². The molecule has 19 heavy (non-hydrogen) atoms. The van der Waals surface area contributed by atoms with Crippen molar-refractivity contribution in [1.29, 1.82) is 0 Å².